The Kier molecular flexibility index (Phi) is 7.27. The van der Waals surface area contributed by atoms with E-state index in [1.807, 2.05) is 17.5 Å². The average Bonchev–Trinajstić information content (AvgIpc) is 3.58. The van der Waals surface area contributed by atoms with Crippen LogP contribution in [0.15, 0.2) is 54.2 Å². The number of benzene rings is 1. The van der Waals surface area contributed by atoms with Gasteiger partial charge in [0.15, 0.2) is 12.2 Å². The number of aliphatic hydroxyl groups excluding tert-OH is 2. The van der Waals surface area contributed by atoms with Gasteiger partial charge in [0.1, 0.15) is 5.01 Å². The minimum Gasteiger partial charge on any atom is -0.380 e. The van der Waals surface area contributed by atoms with Crippen molar-refractivity contribution >= 4 is 23.2 Å². The van der Waals surface area contributed by atoms with Crippen LogP contribution in [0.25, 0.3) is 11.1 Å². The van der Waals surface area contributed by atoms with Crippen LogP contribution in [-0.4, -0.2) is 55.6 Å². The van der Waals surface area contributed by atoms with E-state index in [1.54, 1.807) is 36.7 Å². The number of hydrogen-bond donors (Lipinski definition) is 3. The first kappa shape index (κ1) is 23.5. The van der Waals surface area contributed by atoms with E-state index in [-0.39, 0.29) is 12.6 Å². The highest BCUT2D eigenvalue weighted by Crippen LogP contribution is 2.33. The molecule has 3 heterocycles. The molecule has 3 aromatic rings. The summed E-state index contributed by atoms with van der Waals surface area (Å²) in [6, 6.07) is 12.5. The van der Waals surface area contributed by atoms with Gasteiger partial charge in [-0.2, -0.15) is 5.26 Å². The van der Waals surface area contributed by atoms with Crippen molar-refractivity contribution in [3.63, 3.8) is 0 Å². The third kappa shape index (κ3) is 4.97. The number of nitrogens with one attached hydrogen (secondary N) is 1. The Morgan fingerprint density at radius 2 is 2.03 bits per heavy atom. The molecule has 0 saturated carbocycles. The van der Waals surface area contributed by atoms with Gasteiger partial charge < -0.3 is 20.4 Å². The molecule has 4 rings (SSSR count). The van der Waals surface area contributed by atoms with Crippen molar-refractivity contribution in [1.29, 1.82) is 5.26 Å². The molecule has 2 aromatic heterocycles. The number of thiazole rings is 1. The zero-order chi connectivity index (χ0) is 24.1. The molecule has 2 amide bonds. The second-order valence-electron chi connectivity index (χ2n) is 7.86. The predicted molar refractivity (Wildman–Crippen MR) is 124 cm³/mol. The number of carbonyl (C=O) groups excluding carboxylic acids is 2. The van der Waals surface area contributed by atoms with Crippen molar-refractivity contribution in [2.24, 2.45) is 0 Å². The van der Waals surface area contributed by atoms with Gasteiger partial charge in [-0.15, -0.1) is 11.3 Å². The maximum Gasteiger partial charge on any atom is 0.255 e. The highest BCUT2D eigenvalue weighted by molar-refractivity contribution is 7.09. The number of hydrogen-bond acceptors (Lipinski definition) is 8. The lowest BCUT2D eigenvalue weighted by Gasteiger charge is -2.27. The average molecular weight is 478 g/mol. The van der Waals surface area contributed by atoms with Gasteiger partial charge in [0, 0.05) is 35.4 Å². The van der Waals surface area contributed by atoms with Crippen molar-refractivity contribution in [3.8, 4) is 17.2 Å². The van der Waals surface area contributed by atoms with Crippen LogP contribution in [0.4, 0.5) is 0 Å². The third-order valence-electron chi connectivity index (χ3n) is 5.72. The summed E-state index contributed by atoms with van der Waals surface area (Å²) in [5.74, 6) is -1.56. The molecule has 174 valence electrons. The van der Waals surface area contributed by atoms with Crippen LogP contribution in [-0.2, 0) is 16.1 Å². The molecule has 1 aliphatic heterocycles. The maximum absolute atomic E-state index is 12.8. The van der Waals surface area contributed by atoms with E-state index in [1.165, 1.54) is 16.2 Å². The number of amides is 2. The Hall–Kier alpha value is -3.65. The molecule has 0 bridgehead atoms. The molecule has 1 aromatic carbocycles. The molecule has 9 nitrogen and oxygen atoms in total. The number of carbonyl (C=O) groups is 2. The zero-order valence-electron chi connectivity index (χ0n) is 18.2. The lowest BCUT2D eigenvalue weighted by atomic mass is 10.0. The first-order valence-corrected chi connectivity index (χ1v) is 11.7. The molecule has 0 radical (unpaired) electrons. The summed E-state index contributed by atoms with van der Waals surface area (Å²) in [6.07, 6.45) is 0.937. The minimum absolute atomic E-state index is 0.00242. The van der Waals surface area contributed by atoms with Crippen LogP contribution < -0.4 is 5.32 Å². The van der Waals surface area contributed by atoms with Gasteiger partial charge in [0.2, 0.25) is 0 Å². The van der Waals surface area contributed by atoms with E-state index >= 15 is 0 Å². The van der Waals surface area contributed by atoms with E-state index in [0.29, 0.717) is 17.8 Å². The summed E-state index contributed by atoms with van der Waals surface area (Å²) < 4.78 is 0. The molecule has 3 atom stereocenters. The second kappa shape index (κ2) is 10.5. The van der Waals surface area contributed by atoms with E-state index < -0.39 is 24.0 Å². The van der Waals surface area contributed by atoms with E-state index in [0.717, 1.165) is 29.0 Å². The summed E-state index contributed by atoms with van der Waals surface area (Å²) >= 11 is 1.42. The topological polar surface area (TPSA) is 139 Å². The highest BCUT2D eigenvalue weighted by Gasteiger charge is 2.39. The van der Waals surface area contributed by atoms with E-state index in [2.05, 4.69) is 21.4 Å². The molecule has 0 aliphatic carbocycles. The quantitative estimate of drug-likeness (QED) is 0.471. The van der Waals surface area contributed by atoms with Crippen LogP contribution >= 0.6 is 11.3 Å². The third-order valence-corrected chi connectivity index (χ3v) is 6.60. The SMILES string of the molecule is N#Cc1ccccc1-c1ccc(CNC(=O)C(O)[C@@H](O)C(=O)N2CCC[C@@H]2c2nccs2)nc1. The predicted octanol–water partition coefficient (Wildman–Crippen LogP) is 1.78. The van der Waals surface area contributed by atoms with Crippen molar-refractivity contribution < 1.29 is 19.8 Å². The minimum atomic E-state index is -1.91. The van der Waals surface area contributed by atoms with Crippen molar-refractivity contribution in [3.05, 3.63) is 70.4 Å². The Balaban J connectivity index is 1.34. The first-order valence-electron chi connectivity index (χ1n) is 10.8. The number of aliphatic hydroxyl groups is 2. The van der Waals surface area contributed by atoms with Gasteiger partial charge >= 0.3 is 0 Å². The smallest absolute Gasteiger partial charge is 0.255 e. The van der Waals surface area contributed by atoms with E-state index in [9.17, 15) is 25.1 Å². The lowest BCUT2D eigenvalue weighted by Crippen LogP contribution is -2.50. The summed E-state index contributed by atoms with van der Waals surface area (Å²) in [7, 11) is 0. The molecule has 1 aliphatic rings. The standard InChI is InChI=1S/C24H23N5O4S/c25-12-15-4-1-2-5-18(15)16-7-8-17(27-13-16)14-28-22(32)20(30)21(31)24(33)29-10-3-6-19(29)23-26-9-11-34-23/h1-2,4-5,7-9,11,13,19-21,30-31H,3,6,10,14H2,(H,28,32)/t19-,20?,21-/m1/s1. The summed E-state index contributed by atoms with van der Waals surface area (Å²) in [4.78, 5) is 35.2. The first-order chi connectivity index (χ1) is 16.5. The molecule has 34 heavy (non-hydrogen) atoms. The van der Waals surface area contributed by atoms with Gasteiger partial charge in [0.25, 0.3) is 11.8 Å². The van der Waals surface area contributed by atoms with Crippen LogP contribution in [0.2, 0.25) is 0 Å². The fourth-order valence-electron chi connectivity index (χ4n) is 3.94. The van der Waals surface area contributed by atoms with Gasteiger partial charge in [-0.25, -0.2) is 4.98 Å². The van der Waals surface area contributed by atoms with Crippen LogP contribution in [0.5, 0.6) is 0 Å². The van der Waals surface area contributed by atoms with E-state index in [4.69, 9.17) is 0 Å². The van der Waals surface area contributed by atoms with Gasteiger partial charge in [0.05, 0.1) is 29.9 Å². The molecule has 0 spiro atoms. The number of aromatic nitrogens is 2. The normalized spacial score (nSPS) is 17.1. The molecule has 1 saturated heterocycles. The Labute approximate surface area is 200 Å². The number of nitrogens with zero attached hydrogens (tertiary/aromatic N) is 4. The molecule has 3 N–H and O–H groups in total. The zero-order valence-corrected chi connectivity index (χ0v) is 19.0. The molecule has 10 heteroatoms. The van der Waals surface area contributed by atoms with Crippen molar-refractivity contribution in [1.82, 2.24) is 20.2 Å². The van der Waals surface area contributed by atoms with Gasteiger partial charge in [-0.3, -0.25) is 14.6 Å². The molecule has 1 fully saturated rings. The van der Waals surface area contributed by atoms with Crippen LogP contribution in [0.3, 0.4) is 0 Å². The number of pyridine rings is 1. The number of rotatable bonds is 7. The van der Waals surface area contributed by atoms with Gasteiger partial charge in [-0.05, 0) is 25.0 Å². The Morgan fingerprint density at radius 3 is 2.74 bits per heavy atom. The molecular weight excluding hydrogens is 454 g/mol. The lowest BCUT2D eigenvalue weighted by molar-refractivity contribution is -0.153. The second-order valence-corrected chi connectivity index (χ2v) is 8.79. The maximum atomic E-state index is 12.8. The largest absolute Gasteiger partial charge is 0.380 e. The number of nitriles is 1. The van der Waals surface area contributed by atoms with Crippen LogP contribution in [0.1, 0.15) is 35.1 Å². The van der Waals surface area contributed by atoms with Crippen LogP contribution in [0, 0.1) is 11.3 Å². The number of likely N-dealkylation sites (tertiary alicyclic amines) is 1. The monoisotopic (exact) mass is 477 g/mol. The van der Waals surface area contributed by atoms with Crippen molar-refractivity contribution in [2.45, 2.75) is 37.6 Å². The summed E-state index contributed by atoms with van der Waals surface area (Å²) in [6.45, 7) is 0.433. The van der Waals surface area contributed by atoms with Crippen molar-refractivity contribution in [2.75, 3.05) is 6.54 Å². The fraction of sp³-hybridized carbons (Fsp3) is 0.292. The Morgan fingerprint density at radius 1 is 1.21 bits per heavy atom. The fourth-order valence-corrected chi connectivity index (χ4v) is 4.72. The molecular formula is C24H23N5O4S. The van der Waals surface area contributed by atoms with Gasteiger partial charge in [-0.1, -0.05) is 24.3 Å². The highest BCUT2D eigenvalue weighted by atomic mass is 32.1. The summed E-state index contributed by atoms with van der Waals surface area (Å²) in [5, 5.41) is 35.0. The summed E-state index contributed by atoms with van der Waals surface area (Å²) in [5.41, 5.74) is 2.56. The molecule has 1 unspecified atom stereocenters. The Bertz CT molecular complexity index is 1190.